The highest BCUT2D eigenvalue weighted by Crippen LogP contribution is 2.33. The Morgan fingerprint density at radius 1 is 0.875 bits per heavy atom. The van der Waals surface area contributed by atoms with Gasteiger partial charge in [0.05, 0.1) is 6.07 Å². The van der Waals surface area contributed by atoms with E-state index >= 15 is 0 Å². The predicted molar refractivity (Wildman–Crippen MR) is 96.8 cm³/mol. The van der Waals surface area contributed by atoms with E-state index in [1.165, 1.54) is 24.0 Å². The molecule has 1 aliphatic rings. The molecule has 3 rings (SSSR count). The van der Waals surface area contributed by atoms with Gasteiger partial charge in [-0.25, -0.2) is 0 Å². The lowest BCUT2D eigenvalue weighted by molar-refractivity contribution is 0.306. The van der Waals surface area contributed by atoms with E-state index < -0.39 is 0 Å². The first kappa shape index (κ1) is 16.6. The van der Waals surface area contributed by atoms with E-state index in [0.29, 0.717) is 12.5 Å². The minimum Gasteiger partial charge on any atom is -0.489 e. The van der Waals surface area contributed by atoms with Crippen LogP contribution in [0.1, 0.15) is 55.6 Å². The summed E-state index contributed by atoms with van der Waals surface area (Å²) in [6.07, 6.45) is 6.84. The minimum absolute atomic E-state index is 0.278. The lowest BCUT2D eigenvalue weighted by atomic mass is 9.83. The van der Waals surface area contributed by atoms with E-state index in [9.17, 15) is 0 Å². The normalized spacial score (nSPS) is 21.3. The van der Waals surface area contributed by atoms with Gasteiger partial charge in [-0.15, -0.1) is 0 Å². The molecule has 0 aromatic heterocycles. The summed E-state index contributed by atoms with van der Waals surface area (Å²) in [7, 11) is 0. The van der Waals surface area contributed by atoms with E-state index in [1.807, 2.05) is 18.2 Å². The molecule has 24 heavy (non-hydrogen) atoms. The highest BCUT2D eigenvalue weighted by molar-refractivity contribution is 5.30. The fourth-order valence-corrected chi connectivity index (χ4v) is 3.55. The molecule has 1 fully saturated rings. The van der Waals surface area contributed by atoms with Crippen molar-refractivity contribution < 1.29 is 4.74 Å². The Labute approximate surface area is 145 Å². The maximum Gasteiger partial charge on any atom is 0.119 e. The number of hydrogen-bond donors (Lipinski definition) is 0. The van der Waals surface area contributed by atoms with Crippen molar-refractivity contribution in [3.05, 3.63) is 65.7 Å². The van der Waals surface area contributed by atoms with Gasteiger partial charge in [0.2, 0.25) is 0 Å². The van der Waals surface area contributed by atoms with Crippen LogP contribution in [-0.4, -0.2) is 0 Å². The standard InChI is InChI=1S/C22H25NO/c23-16-18-8-4-10-20(11-5-9-18)21-12-14-22(15-13-21)24-17-19-6-2-1-3-7-19/h1-3,6-7,12-15,18,20H,4-5,8-11,17H2. The molecule has 2 heteroatoms. The Morgan fingerprint density at radius 2 is 1.54 bits per heavy atom. The lowest BCUT2D eigenvalue weighted by Crippen LogP contribution is -2.07. The van der Waals surface area contributed by atoms with Crippen LogP contribution in [0.15, 0.2) is 54.6 Å². The molecule has 0 bridgehead atoms. The van der Waals surface area contributed by atoms with Crippen molar-refractivity contribution in [1.29, 1.82) is 5.26 Å². The molecule has 0 atom stereocenters. The third-order valence-corrected chi connectivity index (χ3v) is 4.99. The second-order valence-electron chi connectivity index (χ2n) is 6.73. The van der Waals surface area contributed by atoms with Crippen LogP contribution in [0.3, 0.4) is 0 Å². The van der Waals surface area contributed by atoms with Gasteiger partial charge in [-0.2, -0.15) is 5.26 Å². The maximum absolute atomic E-state index is 9.09. The van der Waals surface area contributed by atoms with Crippen molar-refractivity contribution in [1.82, 2.24) is 0 Å². The smallest absolute Gasteiger partial charge is 0.119 e. The van der Waals surface area contributed by atoms with Gasteiger partial charge >= 0.3 is 0 Å². The Hall–Kier alpha value is -2.27. The molecule has 0 N–H and O–H groups in total. The van der Waals surface area contributed by atoms with E-state index in [1.54, 1.807) is 0 Å². The highest BCUT2D eigenvalue weighted by atomic mass is 16.5. The van der Waals surface area contributed by atoms with Crippen molar-refractivity contribution in [3.8, 4) is 11.8 Å². The SMILES string of the molecule is N#CC1CCCC(c2ccc(OCc3ccccc3)cc2)CCC1. The Morgan fingerprint density at radius 3 is 2.17 bits per heavy atom. The molecule has 0 amide bonds. The fraction of sp³-hybridized carbons (Fsp3) is 0.409. The Bertz CT molecular complexity index is 647. The van der Waals surface area contributed by atoms with Crippen molar-refractivity contribution in [2.75, 3.05) is 0 Å². The Balaban J connectivity index is 1.55. The molecule has 0 saturated heterocycles. The summed E-state index contributed by atoms with van der Waals surface area (Å²) in [5.41, 5.74) is 2.60. The quantitative estimate of drug-likeness (QED) is 0.709. The molecule has 124 valence electrons. The molecule has 0 unspecified atom stereocenters. The summed E-state index contributed by atoms with van der Waals surface area (Å²) in [6, 6.07) is 21.3. The summed E-state index contributed by atoms with van der Waals surface area (Å²) in [5.74, 6) is 1.84. The number of nitrogens with zero attached hydrogens (tertiary/aromatic N) is 1. The number of benzene rings is 2. The highest BCUT2D eigenvalue weighted by Gasteiger charge is 2.17. The topological polar surface area (TPSA) is 33.0 Å². The first-order valence-electron chi connectivity index (χ1n) is 9.01. The van der Waals surface area contributed by atoms with E-state index in [2.05, 4.69) is 42.5 Å². The van der Waals surface area contributed by atoms with E-state index in [0.717, 1.165) is 31.4 Å². The van der Waals surface area contributed by atoms with E-state index in [-0.39, 0.29) is 5.92 Å². The zero-order chi connectivity index (χ0) is 16.6. The van der Waals surface area contributed by atoms with Gasteiger partial charge in [-0.1, -0.05) is 55.3 Å². The van der Waals surface area contributed by atoms with Crippen LogP contribution in [0.4, 0.5) is 0 Å². The number of hydrogen-bond acceptors (Lipinski definition) is 2. The van der Waals surface area contributed by atoms with Crippen LogP contribution in [0, 0.1) is 17.2 Å². The van der Waals surface area contributed by atoms with Gasteiger partial charge in [0.15, 0.2) is 0 Å². The monoisotopic (exact) mass is 319 g/mol. The Kier molecular flexibility index (Phi) is 5.90. The number of nitriles is 1. The van der Waals surface area contributed by atoms with Crippen molar-refractivity contribution >= 4 is 0 Å². The second kappa shape index (κ2) is 8.55. The van der Waals surface area contributed by atoms with Gasteiger partial charge in [0.25, 0.3) is 0 Å². The third kappa shape index (κ3) is 4.61. The average Bonchev–Trinajstić information content (AvgIpc) is 2.62. The van der Waals surface area contributed by atoms with Crippen LogP contribution in [0.25, 0.3) is 0 Å². The zero-order valence-corrected chi connectivity index (χ0v) is 14.2. The lowest BCUT2D eigenvalue weighted by Gasteiger charge is -2.22. The van der Waals surface area contributed by atoms with Crippen LogP contribution in [0.5, 0.6) is 5.75 Å². The summed E-state index contributed by atoms with van der Waals surface area (Å²) < 4.78 is 5.87. The van der Waals surface area contributed by atoms with Crippen LogP contribution in [0.2, 0.25) is 0 Å². The molecule has 2 aromatic carbocycles. The summed E-state index contributed by atoms with van der Waals surface area (Å²) in [4.78, 5) is 0. The predicted octanol–water partition coefficient (Wildman–Crippen LogP) is 5.84. The fourth-order valence-electron chi connectivity index (χ4n) is 3.55. The first-order chi connectivity index (χ1) is 11.8. The van der Waals surface area contributed by atoms with Gasteiger partial charge in [0, 0.05) is 5.92 Å². The van der Waals surface area contributed by atoms with Gasteiger partial charge in [-0.05, 0) is 54.9 Å². The summed E-state index contributed by atoms with van der Waals surface area (Å²) in [5, 5.41) is 9.09. The molecule has 1 aliphatic carbocycles. The van der Waals surface area contributed by atoms with Crippen molar-refractivity contribution in [2.45, 2.75) is 51.0 Å². The molecule has 1 saturated carbocycles. The summed E-state index contributed by atoms with van der Waals surface area (Å²) >= 11 is 0. The zero-order valence-electron chi connectivity index (χ0n) is 14.2. The third-order valence-electron chi connectivity index (χ3n) is 4.99. The molecule has 0 spiro atoms. The van der Waals surface area contributed by atoms with Gasteiger partial charge in [-0.3, -0.25) is 0 Å². The van der Waals surface area contributed by atoms with Crippen LogP contribution in [-0.2, 0) is 6.61 Å². The van der Waals surface area contributed by atoms with Gasteiger partial charge in [0.1, 0.15) is 12.4 Å². The first-order valence-corrected chi connectivity index (χ1v) is 9.01. The molecule has 0 radical (unpaired) electrons. The van der Waals surface area contributed by atoms with Crippen LogP contribution >= 0.6 is 0 Å². The summed E-state index contributed by atoms with van der Waals surface area (Å²) in [6.45, 7) is 0.610. The van der Waals surface area contributed by atoms with Crippen molar-refractivity contribution in [2.24, 2.45) is 5.92 Å². The molecular weight excluding hydrogens is 294 g/mol. The second-order valence-corrected chi connectivity index (χ2v) is 6.73. The number of ether oxygens (including phenoxy) is 1. The maximum atomic E-state index is 9.09. The van der Waals surface area contributed by atoms with Crippen LogP contribution < -0.4 is 4.74 Å². The van der Waals surface area contributed by atoms with E-state index in [4.69, 9.17) is 10.00 Å². The molecule has 2 aromatic rings. The molecule has 0 aliphatic heterocycles. The molecule has 0 heterocycles. The minimum atomic E-state index is 0.278. The van der Waals surface area contributed by atoms with Gasteiger partial charge < -0.3 is 4.74 Å². The molecular formula is C22H25NO. The molecule has 2 nitrogen and oxygen atoms in total. The number of rotatable bonds is 4. The van der Waals surface area contributed by atoms with Crippen molar-refractivity contribution in [3.63, 3.8) is 0 Å². The largest absolute Gasteiger partial charge is 0.489 e. The average molecular weight is 319 g/mol.